The van der Waals surface area contributed by atoms with Gasteiger partial charge in [-0.3, -0.25) is 4.79 Å². The fraction of sp³-hybridized carbons (Fsp3) is 0.300. The smallest absolute Gasteiger partial charge is 0.228 e. The molecule has 98 valence electrons. The maximum absolute atomic E-state index is 11.8. The first-order valence-electron chi connectivity index (χ1n) is 5.06. The van der Waals surface area contributed by atoms with E-state index in [-0.39, 0.29) is 18.9 Å². The molecule has 0 aromatic heterocycles. The third-order valence-corrected chi connectivity index (χ3v) is 5.13. The maximum atomic E-state index is 11.8. The number of halogens is 2. The van der Waals surface area contributed by atoms with E-state index >= 15 is 0 Å². The molecule has 1 saturated heterocycles. The van der Waals surface area contributed by atoms with Crippen LogP contribution in [0.4, 0.5) is 5.69 Å². The molecule has 0 spiro atoms. The summed E-state index contributed by atoms with van der Waals surface area (Å²) in [6, 6.07) is 5.34. The number of hydrogen-bond donors (Lipinski definition) is 1. The van der Waals surface area contributed by atoms with Gasteiger partial charge in [-0.2, -0.15) is 0 Å². The van der Waals surface area contributed by atoms with Crippen LogP contribution >= 0.6 is 31.9 Å². The number of carbonyl (C=O) groups is 1. The summed E-state index contributed by atoms with van der Waals surface area (Å²) in [5.41, 5.74) is 0.648. The first kappa shape index (κ1) is 14.0. The van der Waals surface area contributed by atoms with Crippen LogP contribution in [-0.2, 0) is 14.8 Å². The zero-order chi connectivity index (χ0) is 13.5. The largest absolute Gasteiger partial charge is 0.310 e. The van der Waals surface area contributed by atoms with E-state index in [2.05, 4.69) is 31.9 Å². The molecule has 1 aliphatic heterocycles. The quantitative estimate of drug-likeness (QED) is 0.822. The number of amides is 1. The third kappa shape index (κ3) is 2.76. The second-order valence-corrected chi connectivity index (χ2v) is 7.63. The average molecular weight is 398 g/mol. The molecule has 1 aliphatic rings. The number of benzene rings is 1. The molecule has 1 aromatic rings. The highest BCUT2D eigenvalue weighted by molar-refractivity contribution is 9.11. The molecule has 1 atom stereocenters. The van der Waals surface area contributed by atoms with Crippen molar-refractivity contribution in [3.05, 3.63) is 27.1 Å². The Labute approximate surface area is 122 Å². The van der Waals surface area contributed by atoms with Gasteiger partial charge in [0.25, 0.3) is 0 Å². The summed E-state index contributed by atoms with van der Waals surface area (Å²) in [6.45, 7) is 0.0951. The lowest BCUT2D eigenvalue weighted by Gasteiger charge is -2.18. The highest BCUT2D eigenvalue weighted by Gasteiger charge is 2.37. The van der Waals surface area contributed by atoms with Gasteiger partial charge in [0.15, 0.2) is 0 Å². The van der Waals surface area contributed by atoms with Crippen molar-refractivity contribution in [3.63, 3.8) is 0 Å². The van der Waals surface area contributed by atoms with Crippen molar-refractivity contribution in [1.29, 1.82) is 0 Å². The standard InChI is InChI=1S/C10H10Br2N2O3S/c11-6-1-2-9(8(12)3-6)14-5-7(4-10(14)15)18(13,16)17/h1-3,7H,4-5H2,(H2,13,16,17). The lowest BCUT2D eigenvalue weighted by atomic mass is 10.3. The van der Waals surface area contributed by atoms with Crippen molar-refractivity contribution in [2.45, 2.75) is 11.7 Å². The number of rotatable bonds is 2. The van der Waals surface area contributed by atoms with Crippen LogP contribution in [0, 0.1) is 0 Å². The summed E-state index contributed by atoms with van der Waals surface area (Å²) in [7, 11) is -3.68. The number of carbonyl (C=O) groups excluding carboxylic acids is 1. The number of sulfonamides is 1. The molecule has 0 radical (unpaired) electrons. The molecule has 18 heavy (non-hydrogen) atoms. The van der Waals surface area contributed by atoms with Gasteiger partial charge >= 0.3 is 0 Å². The SMILES string of the molecule is NS(=O)(=O)C1CC(=O)N(c2ccc(Br)cc2Br)C1. The van der Waals surface area contributed by atoms with Crippen molar-refractivity contribution in [2.24, 2.45) is 5.14 Å². The van der Waals surface area contributed by atoms with Crippen LogP contribution < -0.4 is 10.0 Å². The Morgan fingerprint density at radius 2 is 2.00 bits per heavy atom. The number of anilines is 1. The lowest BCUT2D eigenvalue weighted by molar-refractivity contribution is -0.117. The molecule has 1 aromatic carbocycles. The van der Waals surface area contributed by atoms with Gasteiger partial charge in [-0.05, 0) is 34.1 Å². The number of nitrogens with two attached hydrogens (primary N) is 1. The first-order valence-corrected chi connectivity index (χ1v) is 8.25. The van der Waals surface area contributed by atoms with Crippen LogP contribution in [0.1, 0.15) is 6.42 Å². The molecule has 1 amide bonds. The van der Waals surface area contributed by atoms with Crippen molar-refractivity contribution < 1.29 is 13.2 Å². The van der Waals surface area contributed by atoms with Gasteiger partial charge in [-0.25, -0.2) is 13.6 Å². The average Bonchev–Trinajstić information content (AvgIpc) is 2.60. The highest BCUT2D eigenvalue weighted by atomic mass is 79.9. The van der Waals surface area contributed by atoms with Crippen LogP contribution in [0.15, 0.2) is 27.1 Å². The van der Waals surface area contributed by atoms with Gasteiger partial charge in [-0.1, -0.05) is 15.9 Å². The van der Waals surface area contributed by atoms with Crippen molar-refractivity contribution in [1.82, 2.24) is 0 Å². The van der Waals surface area contributed by atoms with Gasteiger partial charge in [0.05, 0.1) is 5.69 Å². The summed E-state index contributed by atoms with van der Waals surface area (Å²) in [4.78, 5) is 13.3. The summed E-state index contributed by atoms with van der Waals surface area (Å²) in [5, 5.41) is 4.25. The Morgan fingerprint density at radius 1 is 1.33 bits per heavy atom. The van der Waals surface area contributed by atoms with Gasteiger partial charge in [0.1, 0.15) is 5.25 Å². The van der Waals surface area contributed by atoms with Crippen LogP contribution in [-0.4, -0.2) is 26.1 Å². The molecule has 5 nitrogen and oxygen atoms in total. The Hall–Kier alpha value is -0.440. The molecule has 0 saturated carbocycles. The monoisotopic (exact) mass is 396 g/mol. The Kier molecular flexibility index (Phi) is 3.82. The number of hydrogen-bond acceptors (Lipinski definition) is 3. The fourth-order valence-electron chi connectivity index (χ4n) is 1.83. The number of primary sulfonamides is 1. The molecule has 2 N–H and O–H groups in total. The third-order valence-electron chi connectivity index (χ3n) is 2.75. The Bertz CT molecular complexity index is 603. The van der Waals surface area contributed by atoms with E-state index in [1.165, 1.54) is 4.90 Å². The molecule has 0 bridgehead atoms. The van der Waals surface area contributed by atoms with Crippen LogP contribution in [0.25, 0.3) is 0 Å². The molecule has 8 heteroatoms. The van der Waals surface area contributed by atoms with Gasteiger partial charge < -0.3 is 4.90 Å². The minimum atomic E-state index is -3.68. The van der Waals surface area contributed by atoms with E-state index in [9.17, 15) is 13.2 Å². The highest BCUT2D eigenvalue weighted by Crippen LogP contribution is 2.32. The van der Waals surface area contributed by atoms with E-state index in [4.69, 9.17) is 5.14 Å². The van der Waals surface area contributed by atoms with E-state index < -0.39 is 15.3 Å². The normalized spacial score (nSPS) is 20.5. The number of nitrogens with zero attached hydrogens (tertiary/aromatic N) is 1. The zero-order valence-electron chi connectivity index (χ0n) is 9.14. The molecular weight excluding hydrogens is 388 g/mol. The summed E-state index contributed by atoms with van der Waals surface area (Å²) < 4.78 is 24.1. The second-order valence-electron chi connectivity index (χ2n) is 4.02. The van der Waals surface area contributed by atoms with Gasteiger partial charge in [0, 0.05) is 21.9 Å². The van der Waals surface area contributed by atoms with Gasteiger partial charge in [-0.15, -0.1) is 0 Å². The second kappa shape index (κ2) is 4.92. The van der Waals surface area contributed by atoms with Gasteiger partial charge in [0.2, 0.25) is 15.9 Å². The predicted octanol–water partition coefficient (Wildman–Crippen LogP) is 1.61. The zero-order valence-corrected chi connectivity index (χ0v) is 13.1. The van der Waals surface area contributed by atoms with E-state index in [1.807, 2.05) is 0 Å². The summed E-state index contributed by atoms with van der Waals surface area (Å²) in [5.74, 6) is -0.239. The molecule has 1 heterocycles. The molecule has 1 fully saturated rings. The molecule has 0 aliphatic carbocycles. The van der Waals surface area contributed by atoms with E-state index in [1.54, 1.807) is 18.2 Å². The topological polar surface area (TPSA) is 80.5 Å². The maximum Gasteiger partial charge on any atom is 0.228 e. The Morgan fingerprint density at radius 3 is 2.50 bits per heavy atom. The first-order chi connectivity index (χ1) is 8.29. The molecule has 1 unspecified atom stereocenters. The Balaban J connectivity index is 2.33. The summed E-state index contributed by atoms with van der Waals surface area (Å²) in [6.07, 6.45) is -0.0681. The molecular formula is C10H10Br2N2O3S. The predicted molar refractivity (Wildman–Crippen MR) is 75.7 cm³/mol. The van der Waals surface area contributed by atoms with Crippen molar-refractivity contribution in [3.8, 4) is 0 Å². The molecule has 2 rings (SSSR count). The fourth-order valence-corrected chi connectivity index (χ4v) is 3.82. The van der Waals surface area contributed by atoms with Crippen LogP contribution in [0.3, 0.4) is 0 Å². The van der Waals surface area contributed by atoms with Crippen molar-refractivity contribution >= 4 is 53.5 Å². The van der Waals surface area contributed by atoms with Crippen LogP contribution in [0.5, 0.6) is 0 Å². The van der Waals surface area contributed by atoms with Crippen LogP contribution in [0.2, 0.25) is 0 Å². The van der Waals surface area contributed by atoms with E-state index in [0.29, 0.717) is 5.69 Å². The minimum Gasteiger partial charge on any atom is -0.310 e. The van der Waals surface area contributed by atoms with E-state index in [0.717, 1.165) is 8.95 Å². The lowest BCUT2D eigenvalue weighted by Crippen LogP contribution is -2.32. The van der Waals surface area contributed by atoms with Crippen molar-refractivity contribution in [2.75, 3.05) is 11.4 Å². The summed E-state index contributed by atoms with van der Waals surface area (Å²) >= 11 is 6.66. The minimum absolute atomic E-state index is 0.0681.